The molecular formula is C22H33N3O. The van der Waals surface area contributed by atoms with Crippen molar-refractivity contribution in [3.63, 3.8) is 0 Å². The summed E-state index contributed by atoms with van der Waals surface area (Å²) in [6.07, 6.45) is 9.16. The Morgan fingerprint density at radius 3 is 2.81 bits per heavy atom. The summed E-state index contributed by atoms with van der Waals surface area (Å²) in [7, 11) is 4.18. The van der Waals surface area contributed by atoms with Gasteiger partial charge in [0.05, 0.1) is 12.8 Å². The average Bonchev–Trinajstić information content (AvgIpc) is 3.10. The first-order chi connectivity index (χ1) is 12.6. The molecular weight excluding hydrogens is 322 g/mol. The zero-order valence-electron chi connectivity index (χ0n) is 16.3. The van der Waals surface area contributed by atoms with Gasteiger partial charge in [-0.1, -0.05) is 12.8 Å². The highest BCUT2D eigenvalue weighted by molar-refractivity contribution is 5.65. The van der Waals surface area contributed by atoms with Gasteiger partial charge in [-0.25, -0.2) is 0 Å². The molecule has 4 nitrogen and oxygen atoms in total. The lowest BCUT2D eigenvalue weighted by Gasteiger charge is -2.58. The van der Waals surface area contributed by atoms with Crippen LogP contribution in [0.15, 0.2) is 12.1 Å². The fourth-order valence-corrected chi connectivity index (χ4v) is 6.64. The number of hydrogen-bond donors (Lipinski definition) is 1. The molecule has 2 unspecified atom stereocenters. The molecule has 142 valence electrons. The summed E-state index contributed by atoms with van der Waals surface area (Å²) in [6.45, 7) is 3.24. The Morgan fingerprint density at radius 1 is 1.15 bits per heavy atom. The van der Waals surface area contributed by atoms with Crippen molar-refractivity contribution in [2.45, 2.75) is 62.4 Å². The highest BCUT2D eigenvalue weighted by Crippen LogP contribution is 2.56. The number of nitrogens with two attached hydrogens (primary N) is 1. The molecule has 2 heterocycles. The number of nitrogens with zero attached hydrogens (tertiary/aromatic N) is 2. The Hall–Kier alpha value is -1.26. The molecule has 1 aromatic carbocycles. The summed E-state index contributed by atoms with van der Waals surface area (Å²) in [4.78, 5) is 5.08. The first kappa shape index (κ1) is 16.9. The largest absolute Gasteiger partial charge is 0.495 e. The first-order valence-corrected chi connectivity index (χ1v) is 10.5. The quantitative estimate of drug-likeness (QED) is 0.886. The van der Waals surface area contributed by atoms with Gasteiger partial charge in [0, 0.05) is 30.6 Å². The molecule has 0 aromatic heterocycles. The van der Waals surface area contributed by atoms with Crippen LogP contribution in [0, 0.1) is 5.92 Å². The van der Waals surface area contributed by atoms with E-state index in [2.05, 4.69) is 29.0 Å². The van der Waals surface area contributed by atoms with E-state index in [1.807, 2.05) is 7.11 Å². The summed E-state index contributed by atoms with van der Waals surface area (Å²) >= 11 is 0. The second-order valence-corrected chi connectivity index (χ2v) is 9.19. The fraction of sp³-hybridized carbons (Fsp3) is 0.727. The van der Waals surface area contributed by atoms with Crippen LogP contribution >= 0.6 is 0 Å². The first-order valence-electron chi connectivity index (χ1n) is 10.5. The number of likely N-dealkylation sites (tertiary alicyclic amines) is 1. The molecule has 5 rings (SSSR count). The van der Waals surface area contributed by atoms with E-state index in [1.54, 1.807) is 11.1 Å². The Labute approximate surface area is 157 Å². The lowest BCUT2D eigenvalue weighted by Crippen LogP contribution is -2.59. The van der Waals surface area contributed by atoms with Crippen molar-refractivity contribution in [2.75, 3.05) is 38.7 Å². The van der Waals surface area contributed by atoms with E-state index >= 15 is 0 Å². The molecule has 2 bridgehead atoms. The van der Waals surface area contributed by atoms with E-state index in [1.165, 1.54) is 50.8 Å². The van der Waals surface area contributed by atoms with Crippen LogP contribution in [0.25, 0.3) is 0 Å². The molecule has 3 fully saturated rings. The SMILES string of the molecule is COc1cc2c(cc1N1CCC(N)C1)C[C@H]1C3CCCC[C@]23CCN1C. The molecule has 0 amide bonds. The van der Waals surface area contributed by atoms with Gasteiger partial charge in [-0.05, 0) is 74.9 Å². The average molecular weight is 356 g/mol. The number of rotatable bonds is 2. The van der Waals surface area contributed by atoms with Crippen molar-refractivity contribution >= 4 is 5.69 Å². The number of piperidine rings is 1. The van der Waals surface area contributed by atoms with E-state index in [0.29, 0.717) is 11.5 Å². The monoisotopic (exact) mass is 355 g/mol. The number of likely N-dealkylation sites (N-methyl/N-ethyl adjacent to an activating group) is 1. The summed E-state index contributed by atoms with van der Waals surface area (Å²) < 4.78 is 5.90. The minimum atomic E-state index is 0.294. The van der Waals surface area contributed by atoms with Gasteiger partial charge in [0.15, 0.2) is 0 Å². The van der Waals surface area contributed by atoms with Crippen LogP contribution in [0.4, 0.5) is 5.69 Å². The van der Waals surface area contributed by atoms with Crippen molar-refractivity contribution in [3.8, 4) is 5.75 Å². The molecule has 4 aliphatic rings. The van der Waals surface area contributed by atoms with Crippen molar-refractivity contribution in [1.82, 2.24) is 4.90 Å². The predicted octanol–water partition coefficient (Wildman–Crippen LogP) is 2.92. The summed E-state index contributed by atoms with van der Waals surface area (Å²) in [5, 5.41) is 0. The molecule has 1 aromatic rings. The predicted molar refractivity (Wildman–Crippen MR) is 106 cm³/mol. The van der Waals surface area contributed by atoms with E-state index in [-0.39, 0.29) is 0 Å². The van der Waals surface area contributed by atoms with E-state index < -0.39 is 0 Å². The maximum atomic E-state index is 6.18. The van der Waals surface area contributed by atoms with Crippen molar-refractivity contribution < 1.29 is 4.74 Å². The number of anilines is 1. The molecule has 4 heteroatoms. The smallest absolute Gasteiger partial charge is 0.142 e. The van der Waals surface area contributed by atoms with Gasteiger partial charge in [-0.3, -0.25) is 0 Å². The summed E-state index contributed by atoms with van der Waals surface area (Å²) in [5.41, 5.74) is 11.1. The fourth-order valence-electron chi connectivity index (χ4n) is 6.64. The Kier molecular flexibility index (Phi) is 3.98. The number of ether oxygens (including phenoxy) is 1. The minimum absolute atomic E-state index is 0.294. The van der Waals surface area contributed by atoms with Crippen LogP contribution in [0.3, 0.4) is 0 Å². The topological polar surface area (TPSA) is 41.7 Å². The van der Waals surface area contributed by atoms with Gasteiger partial charge in [-0.2, -0.15) is 0 Å². The van der Waals surface area contributed by atoms with Gasteiger partial charge >= 0.3 is 0 Å². The summed E-state index contributed by atoms with van der Waals surface area (Å²) in [5.74, 6) is 1.90. The maximum Gasteiger partial charge on any atom is 0.142 e. The maximum absolute atomic E-state index is 6.18. The van der Waals surface area contributed by atoms with Gasteiger partial charge in [-0.15, -0.1) is 0 Å². The van der Waals surface area contributed by atoms with Crippen LogP contribution in [0.1, 0.15) is 49.7 Å². The number of fused-ring (bicyclic) bond motifs is 1. The molecule has 0 radical (unpaired) electrons. The molecule has 0 spiro atoms. The molecule has 2 aliphatic heterocycles. The molecule has 4 atom stereocenters. The zero-order valence-corrected chi connectivity index (χ0v) is 16.3. The lowest BCUT2D eigenvalue weighted by molar-refractivity contribution is 0.00276. The van der Waals surface area contributed by atoms with Crippen molar-refractivity contribution in [2.24, 2.45) is 11.7 Å². The lowest BCUT2D eigenvalue weighted by atomic mass is 9.52. The molecule has 26 heavy (non-hydrogen) atoms. The third-order valence-corrected chi connectivity index (χ3v) is 7.97. The highest BCUT2D eigenvalue weighted by atomic mass is 16.5. The van der Waals surface area contributed by atoms with E-state index in [4.69, 9.17) is 10.5 Å². The normalized spacial score (nSPS) is 36.6. The van der Waals surface area contributed by atoms with Crippen LogP contribution in [-0.2, 0) is 11.8 Å². The minimum Gasteiger partial charge on any atom is -0.495 e. The second kappa shape index (κ2) is 6.13. The number of hydrogen-bond acceptors (Lipinski definition) is 4. The Morgan fingerprint density at radius 2 is 2.04 bits per heavy atom. The van der Waals surface area contributed by atoms with Crippen molar-refractivity contribution in [3.05, 3.63) is 23.3 Å². The third-order valence-electron chi connectivity index (χ3n) is 7.97. The van der Waals surface area contributed by atoms with Gasteiger partial charge in [0.25, 0.3) is 0 Å². The number of methoxy groups -OCH3 is 1. The van der Waals surface area contributed by atoms with E-state index in [9.17, 15) is 0 Å². The zero-order chi connectivity index (χ0) is 17.9. The molecule has 2 aliphatic carbocycles. The Balaban J connectivity index is 1.62. The van der Waals surface area contributed by atoms with Crippen LogP contribution < -0.4 is 15.4 Å². The molecule has 2 N–H and O–H groups in total. The van der Waals surface area contributed by atoms with Crippen LogP contribution in [0.2, 0.25) is 0 Å². The van der Waals surface area contributed by atoms with E-state index in [0.717, 1.165) is 37.2 Å². The van der Waals surface area contributed by atoms with Gasteiger partial charge in [0.2, 0.25) is 0 Å². The van der Waals surface area contributed by atoms with Gasteiger partial charge < -0.3 is 20.3 Å². The summed E-state index contributed by atoms with van der Waals surface area (Å²) in [6, 6.07) is 5.90. The standard InChI is InChI=1S/C22H33N3O/c1-24-10-8-22-7-4-3-5-17(22)19(24)11-15-12-20(21(26-2)13-18(15)22)25-9-6-16(23)14-25/h12-13,16-17,19H,3-11,14,23H2,1-2H3/t16?,17?,19-,22+/m0/s1. The Bertz CT molecular complexity index is 705. The van der Waals surface area contributed by atoms with Crippen LogP contribution in [0.5, 0.6) is 5.75 Å². The second-order valence-electron chi connectivity index (χ2n) is 9.19. The third kappa shape index (κ3) is 2.34. The molecule has 2 saturated heterocycles. The number of benzene rings is 1. The van der Waals surface area contributed by atoms with Crippen LogP contribution in [-0.4, -0.2) is 50.8 Å². The molecule has 1 saturated carbocycles. The van der Waals surface area contributed by atoms with Gasteiger partial charge in [0.1, 0.15) is 5.75 Å². The van der Waals surface area contributed by atoms with Crippen molar-refractivity contribution in [1.29, 1.82) is 0 Å². The highest BCUT2D eigenvalue weighted by Gasteiger charge is 2.53.